The zero-order valence-corrected chi connectivity index (χ0v) is 17.5. The van der Waals surface area contributed by atoms with Crippen LogP contribution in [0.5, 0.6) is 5.75 Å². The van der Waals surface area contributed by atoms with E-state index in [9.17, 15) is 23.5 Å². The first-order chi connectivity index (χ1) is 15.3. The Kier molecular flexibility index (Phi) is 4.65. The second kappa shape index (κ2) is 7.29. The van der Waals surface area contributed by atoms with Gasteiger partial charge >= 0.3 is 12.5 Å². The van der Waals surface area contributed by atoms with Crippen LogP contribution in [0.15, 0.2) is 35.5 Å². The molecule has 9 heteroatoms. The van der Waals surface area contributed by atoms with Crippen molar-refractivity contribution < 1.29 is 23.4 Å². The van der Waals surface area contributed by atoms with Crippen LogP contribution < -0.4 is 10.2 Å². The third-order valence-corrected chi connectivity index (χ3v) is 6.29. The Morgan fingerprint density at radius 2 is 2.06 bits per heavy atom. The van der Waals surface area contributed by atoms with Crippen molar-refractivity contribution in [1.29, 1.82) is 0 Å². The number of hydrogen-bond acceptors (Lipinski definition) is 4. The summed E-state index contributed by atoms with van der Waals surface area (Å²) in [4.78, 5) is 24.1. The van der Waals surface area contributed by atoms with Crippen molar-refractivity contribution in [2.75, 3.05) is 6.61 Å². The molecule has 2 aliphatic rings. The van der Waals surface area contributed by atoms with E-state index in [1.54, 1.807) is 0 Å². The van der Waals surface area contributed by atoms with E-state index in [0.29, 0.717) is 46.7 Å². The molecule has 0 radical (unpaired) electrons. The number of carbonyl (C=O) groups is 1. The molecule has 0 aliphatic carbocycles. The summed E-state index contributed by atoms with van der Waals surface area (Å²) in [6.07, 6.45) is 5.36. The standard InChI is InChI=1S/C23H21F2N3O4/c1-11(2)17-6-12-5-15(13-8-26-28(9-13)23(24)25)21-14(3-4-32-21)20(12)18-7-19(29)16(22(30)31)10-27(17)18/h5,7-11,17,23H,3-4,6H2,1-2H3,(H,30,31)/t17-/m0/s1. The van der Waals surface area contributed by atoms with Gasteiger partial charge in [-0.3, -0.25) is 4.79 Å². The van der Waals surface area contributed by atoms with Crippen LogP contribution in [0, 0.1) is 5.92 Å². The Labute approximate surface area is 181 Å². The molecule has 3 aromatic rings. The highest BCUT2D eigenvalue weighted by atomic mass is 19.3. The Hall–Kier alpha value is -3.49. The molecule has 2 aliphatic heterocycles. The molecule has 1 aromatic carbocycles. The number of carboxylic acids is 1. The van der Waals surface area contributed by atoms with E-state index in [1.807, 2.05) is 24.5 Å². The van der Waals surface area contributed by atoms with Crippen molar-refractivity contribution >= 4 is 5.97 Å². The molecule has 0 saturated heterocycles. The first kappa shape index (κ1) is 20.4. The van der Waals surface area contributed by atoms with Crippen molar-refractivity contribution in [1.82, 2.24) is 14.3 Å². The quantitative estimate of drug-likeness (QED) is 0.657. The second-order valence-electron chi connectivity index (χ2n) is 8.52. The van der Waals surface area contributed by atoms with Crippen molar-refractivity contribution in [2.45, 2.75) is 39.3 Å². The molecular weight excluding hydrogens is 420 g/mol. The number of carboxylic acid groups (broad SMARTS) is 1. The third kappa shape index (κ3) is 3.03. The van der Waals surface area contributed by atoms with Crippen molar-refractivity contribution in [3.05, 3.63) is 57.6 Å². The van der Waals surface area contributed by atoms with Gasteiger partial charge in [-0.25, -0.2) is 9.48 Å². The number of halogens is 2. The Morgan fingerprint density at radius 1 is 1.28 bits per heavy atom. The van der Waals surface area contributed by atoms with Gasteiger partial charge in [-0.1, -0.05) is 13.8 Å². The van der Waals surface area contributed by atoms with Crippen LogP contribution in [0.4, 0.5) is 8.78 Å². The maximum Gasteiger partial charge on any atom is 0.341 e. The van der Waals surface area contributed by atoms with Gasteiger partial charge in [0.1, 0.15) is 11.3 Å². The van der Waals surface area contributed by atoms with Crippen molar-refractivity contribution in [3.63, 3.8) is 0 Å². The monoisotopic (exact) mass is 441 g/mol. The molecule has 166 valence electrons. The van der Waals surface area contributed by atoms with E-state index < -0.39 is 17.9 Å². The van der Waals surface area contributed by atoms with Crippen LogP contribution in [-0.4, -0.2) is 32.0 Å². The number of benzene rings is 1. The summed E-state index contributed by atoms with van der Waals surface area (Å²) < 4.78 is 34.5. The molecular formula is C23H21F2N3O4. The molecule has 0 unspecified atom stereocenters. The van der Waals surface area contributed by atoms with Gasteiger partial charge in [0.2, 0.25) is 0 Å². The average Bonchev–Trinajstić information content (AvgIpc) is 3.41. The highest BCUT2D eigenvalue weighted by Crippen LogP contribution is 2.48. The van der Waals surface area contributed by atoms with Gasteiger partial charge in [0.15, 0.2) is 5.43 Å². The molecule has 0 spiro atoms. The number of rotatable bonds is 4. The molecule has 0 fully saturated rings. The fourth-order valence-electron chi connectivity index (χ4n) is 4.78. The van der Waals surface area contributed by atoms with E-state index in [1.165, 1.54) is 24.7 Å². The van der Waals surface area contributed by atoms with Crippen LogP contribution in [0.1, 0.15) is 47.9 Å². The topological polar surface area (TPSA) is 86.4 Å². The lowest BCUT2D eigenvalue weighted by atomic mass is 9.82. The predicted octanol–water partition coefficient (Wildman–Crippen LogP) is 4.16. The van der Waals surface area contributed by atoms with Gasteiger partial charge in [0.25, 0.3) is 0 Å². The number of aromatic carboxylic acids is 1. The minimum Gasteiger partial charge on any atom is -0.492 e. The van der Waals surface area contributed by atoms with Gasteiger partial charge < -0.3 is 14.4 Å². The maximum absolute atomic E-state index is 13.1. The first-order valence-corrected chi connectivity index (χ1v) is 10.4. The summed E-state index contributed by atoms with van der Waals surface area (Å²) in [7, 11) is 0. The van der Waals surface area contributed by atoms with Crippen LogP contribution in [-0.2, 0) is 12.8 Å². The zero-order valence-electron chi connectivity index (χ0n) is 17.5. The average molecular weight is 441 g/mol. The predicted molar refractivity (Wildman–Crippen MR) is 112 cm³/mol. The lowest BCUT2D eigenvalue weighted by molar-refractivity contribution is 0.0566. The summed E-state index contributed by atoms with van der Waals surface area (Å²) in [6.45, 7) is 1.79. The van der Waals surface area contributed by atoms with Gasteiger partial charge in [-0.05, 0) is 24.0 Å². The fourth-order valence-corrected chi connectivity index (χ4v) is 4.78. The van der Waals surface area contributed by atoms with Crippen LogP contribution in [0.25, 0.3) is 22.4 Å². The number of pyridine rings is 1. The van der Waals surface area contributed by atoms with Gasteiger partial charge in [0.05, 0.1) is 18.5 Å². The number of fused-ring (bicyclic) bond motifs is 5. The van der Waals surface area contributed by atoms with Crippen molar-refractivity contribution in [2.24, 2.45) is 5.92 Å². The van der Waals surface area contributed by atoms with Crippen molar-refractivity contribution in [3.8, 4) is 28.1 Å². The Bertz CT molecular complexity index is 1310. The van der Waals surface area contributed by atoms with E-state index in [4.69, 9.17) is 4.74 Å². The fraction of sp³-hybridized carbons (Fsp3) is 0.348. The number of aromatic nitrogens is 3. The van der Waals surface area contributed by atoms with E-state index in [2.05, 4.69) is 5.10 Å². The summed E-state index contributed by atoms with van der Waals surface area (Å²) >= 11 is 0. The van der Waals surface area contributed by atoms with Gasteiger partial charge in [-0.15, -0.1) is 0 Å². The minimum atomic E-state index is -2.73. The highest BCUT2D eigenvalue weighted by molar-refractivity contribution is 5.88. The molecule has 2 aromatic heterocycles. The number of nitrogens with zero attached hydrogens (tertiary/aromatic N) is 3. The SMILES string of the molecule is CC(C)[C@@H]1Cc2cc(-c3cnn(C(F)F)c3)c3c(c2-c2cc(=O)c(C(=O)O)cn21)CCO3. The molecule has 0 saturated carbocycles. The summed E-state index contributed by atoms with van der Waals surface area (Å²) in [5.41, 5.74) is 3.85. The Balaban J connectivity index is 1.77. The molecule has 7 nitrogen and oxygen atoms in total. The second-order valence-corrected chi connectivity index (χ2v) is 8.52. The van der Waals surface area contributed by atoms with Crippen LogP contribution in [0.3, 0.4) is 0 Å². The lowest BCUT2D eigenvalue weighted by Gasteiger charge is -2.34. The molecule has 0 amide bonds. The highest BCUT2D eigenvalue weighted by Gasteiger charge is 2.33. The summed E-state index contributed by atoms with van der Waals surface area (Å²) in [6, 6.07) is 3.26. The van der Waals surface area contributed by atoms with Gasteiger partial charge in [-0.2, -0.15) is 13.9 Å². The Morgan fingerprint density at radius 3 is 2.72 bits per heavy atom. The normalized spacial score (nSPS) is 16.6. The number of ether oxygens (including phenoxy) is 1. The van der Waals surface area contributed by atoms with E-state index >= 15 is 0 Å². The third-order valence-electron chi connectivity index (χ3n) is 6.29. The summed E-state index contributed by atoms with van der Waals surface area (Å²) in [5, 5.41) is 13.2. The number of hydrogen-bond donors (Lipinski definition) is 1. The molecule has 1 N–H and O–H groups in total. The van der Waals surface area contributed by atoms with Crippen LogP contribution >= 0.6 is 0 Å². The molecule has 5 rings (SSSR count). The zero-order chi connectivity index (χ0) is 22.7. The minimum absolute atomic E-state index is 0.0618. The number of alkyl halides is 2. The maximum atomic E-state index is 13.1. The van der Waals surface area contributed by atoms with E-state index in [0.717, 1.165) is 16.7 Å². The smallest absolute Gasteiger partial charge is 0.341 e. The summed E-state index contributed by atoms with van der Waals surface area (Å²) in [5.74, 6) is -0.485. The van der Waals surface area contributed by atoms with Crippen LogP contribution in [0.2, 0.25) is 0 Å². The molecule has 32 heavy (non-hydrogen) atoms. The first-order valence-electron chi connectivity index (χ1n) is 10.4. The molecule has 0 bridgehead atoms. The molecule has 4 heterocycles. The van der Waals surface area contributed by atoms with E-state index in [-0.39, 0.29) is 17.5 Å². The lowest BCUT2D eigenvalue weighted by Crippen LogP contribution is -2.28. The largest absolute Gasteiger partial charge is 0.492 e. The molecule has 1 atom stereocenters. The van der Waals surface area contributed by atoms with Gasteiger partial charge in [0, 0.05) is 53.2 Å².